The zero-order valence-corrected chi connectivity index (χ0v) is 9.40. The molecule has 14 heavy (non-hydrogen) atoms. The number of benzene rings is 1. The third-order valence-electron chi connectivity index (χ3n) is 2.53. The summed E-state index contributed by atoms with van der Waals surface area (Å²) in [6.45, 7) is 5.09. The van der Waals surface area contributed by atoms with Crippen molar-refractivity contribution >= 4 is 21.4 Å². The summed E-state index contributed by atoms with van der Waals surface area (Å²) in [5.74, 6) is 0.594. The van der Waals surface area contributed by atoms with Gasteiger partial charge < -0.3 is 5.73 Å². The minimum absolute atomic E-state index is 0.594. The molecule has 0 aliphatic heterocycles. The Bertz CT molecular complexity index is 443. The van der Waals surface area contributed by atoms with E-state index >= 15 is 0 Å². The Morgan fingerprint density at radius 1 is 1.36 bits per heavy atom. The van der Waals surface area contributed by atoms with Gasteiger partial charge in [-0.2, -0.15) is 0 Å². The molecule has 0 amide bonds. The first kappa shape index (κ1) is 9.69. The van der Waals surface area contributed by atoms with E-state index in [0.717, 1.165) is 0 Å². The molecule has 1 nitrogen and oxygen atoms in total. The van der Waals surface area contributed by atoms with Crippen LogP contribution in [0.1, 0.15) is 30.9 Å². The fraction of sp³-hybridized carbons (Fsp3) is 0.333. The van der Waals surface area contributed by atoms with Crippen molar-refractivity contribution < 1.29 is 0 Å². The van der Waals surface area contributed by atoms with Crippen molar-refractivity contribution in [2.45, 2.75) is 26.3 Å². The van der Waals surface area contributed by atoms with E-state index in [2.05, 4.69) is 37.4 Å². The molecule has 0 fully saturated rings. The molecule has 0 spiro atoms. The molecule has 2 heteroatoms. The molecule has 0 aliphatic carbocycles. The quantitative estimate of drug-likeness (QED) is 0.798. The van der Waals surface area contributed by atoms with Crippen LogP contribution in [-0.4, -0.2) is 0 Å². The lowest BCUT2D eigenvalue weighted by Gasteiger charge is -2.03. The molecule has 1 heterocycles. The summed E-state index contributed by atoms with van der Waals surface area (Å²) in [6.07, 6.45) is 0. The summed E-state index contributed by atoms with van der Waals surface area (Å²) in [4.78, 5) is 0. The zero-order chi connectivity index (χ0) is 10.1. The van der Waals surface area contributed by atoms with Crippen LogP contribution in [0.5, 0.6) is 0 Å². The topological polar surface area (TPSA) is 26.0 Å². The maximum Gasteiger partial charge on any atom is 0.0345 e. The number of fused-ring (bicyclic) bond motifs is 1. The van der Waals surface area contributed by atoms with E-state index in [1.807, 2.05) is 11.3 Å². The fourth-order valence-corrected chi connectivity index (χ4v) is 2.77. The van der Waals surface area contributed by atoms with Crippen LogP contribution in [0.3, 0.4) is 0 Å². The number of thiophene rings is 1. The second-order valence-corrected chi connectivity index (χ2v) is 4.79. The maximum absolute atomic E-state index is 5.64. The van der Waals surface area contributed by atoms with Gasteiger partial charge in [-0.3, -0.25) is 0 Å². The molecule has 1 aromatic heterocycles. The number of rotatable bonds is 2. The highest BCUT2D eigenvalue weighted by Crippen LogP contribution is 2.31. The van der Waals surface area contributed by atoms with Crippen molar-refractivity contribution in [3.05, 3.63) is 34.7 Å². The first-order valence-electron chi connectivity index (χ1n) is 4.92. The number of hydrogen-bond donors (Lipinski definition) is 1. The molecule has 0 saturated heterocycles. The van der Waals surface area contributed by atoms with Crippen LogP contribution in [0.2, 0.25) is 0 Å². The van der Waals surface area contributed by atoms with Gasteiger partial charge in [0.1, 0.15) is 0 Å². The summed E-state index contributed by atoms with van der Waals surface area (Å²) in [7, 11) is 0. The van der Waals surface area contributed by atoms with Gasteiger partial charge in [0, 0.05) is 11.2 Å². The summed E-state index contributed by atoms with van der Waals surface area (Å²) in [5.41, 5.74) is 8.30. The van der Waals surface area contributed by atoms with Gasteiger partial charge in [-0.1, -0.05) is 19.9 Å². The van der Waals surface area contributed by atoms with Crippen molar-refractivity contribution in [3.8, 4) is 0 Å². The van der Waals surface area contributed by atoms with Crippen molar-refractivity contribution in [2.24, 2.45) is 5.73 Å². The van der Waals surface area contributed by atoms with Crippen LogP contribution in [0.15, 0.2) is 23.6 Å². The third kappa shape index (κ3) is 1.56. The van der Waals surface area contributed by atoms with Crippen LogP contribution in [0, 0.1) is 0 Å². The van der Waals surface area contributed by atoms with Gasteiger partial charge in [0.2, 0.25) is 0 Å². The van der Waals surface area contributed by atoms with Crippen molar-refractivity contribution in [2.75, 3.05) is 0 Å². The molecular weight excluding hydrogens is 190 g/mol. The fourth-order valence-electron chi connectivity index (χ4n) is 1.67. The van der Waals surface area contributed by atoms with E-state index in [4.69, 9.17) is 5.73 Å². The number of nitrogens with two attached hydrogens (primary N) is 1. The highest BCUT2D eigenvalue weighted by atomic mass is 32.1. The zero-order valence-electron chi connectivity index (χ0n) is 8.58. The van der Waals surface area contributed by atoms with Crippen LogP contribution >= 0.6 is 11.3 Å². The second kappa shape index (κ2) is 3.71. The molecule has 0 unspecified atom stereocenters. The predicted molar refractivity (Wildman–Crippen MR) is 63.8 cm³/mol. The molecule has 0 aliphatic rings. The van der Waals surface area contributed by atoms with Gasteiger partial charge >= 0.3 is 0 Å². The molecule has 1 aromatic carbocycles. The van der Waals surface area contributed by atoms with Gasteiger partial charge in [-0.15, -0.1) is 11.3 Å². The molecule has 0 atom stereocenters. The molecular formula is C12H15NS. The maximum atomic E-state index is 5.64. The van der Waals surface area contributed by atoms with Gasteiger partial charge in [-0.25, -0.2) is 0 Å². The third-order valence-corrected chi connectivity index (χ3v) is 3.51. The molecule has 0 saturated carbocycles. The number of hydrogen-bond acceptors (Lipinski definition) is 2. The predicted octanol–water partition coefficient (Wildman–Crippen LogP) is 3.48. The summed E-state index contributed by atoms with van der Waals surface area (Å²) >= 11 is 1.82. The van der Waals surface area contributed by atoms with Crippen molar-refractivity contribution in [1.82, 2.24) is 0 Å². The van der Waals surface area contributed by atoms with E-state index in [1.54, 1.807) is 0 Å². The van der Waals surface area contributed by atoms with Crippen LogP contribution in [0.4, 0.5) is 0 Å². The van der Waals surface area contributed by atoms with Gasteiger partial charge in [0.15, 0.2) is 0 Å². The van der Waals surface area contributed by atoms with E-state index < -0.39 is 0 Å². The molecule has 2 rings (SSSR count). The van der Waals surface area contributed by atoms with E-state index in [1.165, 1.54) is 21.2 Å². The van der Waals surface area contributed by atoms with Crippen LogP contribution in [0.25, 0.3) is 10.1 Å². The van der Waals surface area contributed by atoms with Gasteiger partial charge in [0.05, 0.1) is 0 Å². The SMILES string of the molecule is CC(C)c1csc2ccc(CN)cc12. The Balaban J connectivity index is 2.63. The first-order valence-corrected chi connectivity index (χ1v) is 5.80. The highest BCUT2D eigenvalue weighted by molar-refractivity contribution is 7.17. The molecule has 0 bridgehead atoms. The molecule has 2 aromatic rings. The highest BCUT2D eigenvalue weighted by Gasteiger charge is 2.07. The van der Waals surface area contributed by atoms with Crippen LogP contribution in [-0.2, 0) is 6.54 Å². The Morgan fingerprint density at radius 3 is 2.79 bits per heavy atom. The molecule has 74 valence electrons. The lowest BCUT2D eigenvalue weighted by atomic mass is 10.0. The minimum atomic E-state index is 0.594. The Labute approximate surface area is 88.6 Å². The largest absolute Gasteiger partial charge is 0.326 e. The Morgan fingerprint density at radius 2 is 2.14 bits per heavy atom. The average Bonchev–Trinajstić information content (AvgIpc) is 2.59. The summed E-state index contributed by atoms with van der Waals surface area (Å²) in [5, 5.41) is 3.64. The molecule has 2 N–H and O–H groups in total. The molecule has 0 radical (unpaired) electrons. The van der Waals surface area contributed by atoms with Crippen molar-refractivity contribution in [1.29, 1.82) is 0 Å². The van der Waals surface area contributed by atoms with E-state index in [9.17, 15) is 0 Å². The monoisotopic (exact) mass is 205 g/mol. The summed E-state index contributed by atoms with van der Waals surface area (Å²) < 4.78 is 1.37. The lowest BCUT2D eigenvalue weighted by molar-refractivity contribution is 0.880. The summed E-state index contributed by atoms with van der Waals surface area (Å²) in [6, 6.07) is 6.51. The average molecular weight is 205 g/mol. The van der Waals surface area contributed by atoms with E-state index in [-0.39, 0.29) is 0 Å². The normalized spacial score (nSPS) is 11.4. The standard InChI is InChI=1S/C12H15NS/c1-8(2)11-7-14-12-4-3-9(6-13)5-10(11)12/h3-5,7-8H,6,13H2,1-2H3. The lowest BCUT2D eigenvalue weighted by Crippen LogP contribution is -1.95. The Kier molecular flexibility index (Phi) is 2.57. The van der Waals surface area contributed by atoms with Crippen LogP contribution < -0.4 is 5.73 Å². The first-order chi connectivity index (χ1) is 6.72. The van der Waals surface area contributed by atoms with Gasteiger partial charge in [-0.05, 0) is 39.9 Å². The van der Waals surface area contributed by atoms with Gasteiger partial charge in [0.25, 0.3) is 0 Å². The van der Waals surface area contributed by atoms with Crippen molar-refractivity contribution in [3.63, 3.8) is 0 Å². The Hall–Kier alpha value is -0.860. The smallest absolute Gasteiger partial charge is 0.0345 e. The second-order valence-electron chi connectivity index (χ2n) is 3.88. The van der Waals surface area contributed by atoms with E-state index in [0.29, 0.717) is 12.5 Å². The minimum Gasteiger partial charge on any atom is -0.326 e.